The van der Waals surface area contributed by atoms with Crippen LogP contribution in [0.3, 0.4) is 0 Å². The van der Waals surface area contributed by atoms with Gasteiger partial charge in [-0.2, -0.15) is 0 Å². The molecule has 7 heteroatoms. The van der Waals surface area contributed by atoms with Crippen molar-refractivity contribution in [2.75, 3.05) is 6.54 Å². The highest BCUT2D eigenvalue weighted by Crippen LogP contribution is 2.24. The average Bonchev–Trinajstić information content (AvgIpc) is 2.42. The second-order valence-corrected chi connectivity index (χ2v) is 3.22. The van der Waals surface area contributed by atoms with E-state index < -0.39 is 37.1 Å². The standard InChI is InChI=1S/C7H12FN3O3/c1-3-5(12)6(13)7(14-3)4(8)2-10-11-9/h3-7,12-13H,2H2,1H3/t3-,4?,5?,6+,7+/m0/s1. The van der Waals surface area contributed by atoms with E-state index in [1.807, 2.05) is 0 Å². The van der Waals surface area contributed by atoms with Crippen molar-refractivity contribution < 1.29 is 19.3 Å². The number of nitrogens with zero attached hydrogens (tertiary/aromatic N) is 3. The lowest BCUT2D eigenvalue weighted by atomic mass is 10.1. The molecule has 0 spiro atoms. The minimum atomic E-state index is -1.60. The summed E-state index contributed by atoms with van der Waals surface area (Å²) in [6.45, 7) is 1.13. The molecule has 14 heavy (non-hydrogen) atoms. The maximum absolute atomic E-state index is 13.2. The quantitative estimate of drug-likeness (QED) is 0.389. The molecule has 1 aliphatic heterocycles. The molecule has 1 rings (SSSR count). The van der Waals surface area contributed by atoms with Gasteiger partial charge in [0.05, 0.1) is 12.6 Å². The molecule has 5 atom stereocenters. The van der Waals surface area contributed by atoms with Crippen molar-refractivity contribution >= 4 is 0 Å². The van der Waals surface area contributed by atoms with E-state index in [1.165, 1.54) is 6.92 Å². The Kier molecular flexibility index (Phi) is 3.65. The van der Waals surface area contributed by atoms with Gasteiger partial charge in [0, 0.05) is 4.91 Å². The Morgan fingerprint density at radius 1 is 1.57 bits per heavy atom. The SMILES string of the molecule is C[C@@H]1O[C@H](C(F)CN=[N+]=[N-])[C@H](O)C1O. The molecule has 0 aromatic heterocycles. The fraction of sp³-hybridized carbons (Fsp3) is 1.00. The highest BCUT2D eigenvalue weighted by atomic mass is 19.1. The summed E-state index contributed by atoms with van der Waals surface area (Å²) in [7, 11) is 0. The van der Waals surface area contributed by atoms with Gasteiger partial charge in [-0.3, -0.25) is 0 Å². The summed E-state index contributed by atoms with van der Waals surface area (Å²) in [6.07, 6.45) is -5.69. The van der Waals surface area contributed by atoms with Crippen LogP contribution in [0.25, 0.3) is 10.4 Å². The van der Waals surface area contributed by atoms with Gasteiger partial charge in [0.2, 0.25) is 0 Å². The maximum Gasteiger partial charge on any atom is 0.134 e. The first-order valence-electron chi connectivity index (χ1n) is 4.24. The van der Waals surface area contributed by atoms with Gasteiger partial charge < -0.3 is 14.9 Å². The number of azide groups is 1. The second kappa shape index (κ2) is 4.56. The van der Waals surface area contributed by atoms with E-state index >= 15 is 0 Å². The van der Waals surface area contributed by atoms with Crippen molar-refractivity contribution in [2.45, 2.75) is 37.5 Å². The highest BCUT2D eigenvalue weighted by molar-refractivity contribution is 4.92. The van der Waals surface area contributed by atoms with Crippen molar-refractivity contribution in [3.05, 3.63) is 10.4 Å². The van der Waals surface area contributed by atoms with Gasteiger partial charge in [0.25, 0.3) is 0 Å². The normalized spacial score (nSPS) is 39.1. The lowest BCUT2D eigenvalue weighted by Gasteiger charge is -2.17. The number of aliphatic hydroxyl groups is 2. The van der Waals surface area contributed by atoms with Gasteiger partial charge in [-0.1, -0.05) is 5.11 Å². The van der Waals surface area contributed by atoms with Crippen molar-refractivity contribution in [1.82, 2.24) is 0 Å². The molecule has 2 N–H and O–H groups in total. The number of hydrogen-bond donors (Lipinski definition) is 2. The van der Waals surface area contributed by atoms with Gasteiger partial charge in [0.15, 0.2) is 0 Å². The van der Waals surface area contributed by atoms with Gasteiger partial charge in [-0.25, -0.2) is 4.39 Å². The molecular weight excluding hydrogens is 193 g/mol. The molecule has 0 amide bonds. The zero-order valence-corrected chi connectivity index (χ0v) is 7.62. The van der Waals surface area contributed by atoms with Crippen molar-refractivity contribution in [3.8, 4) is 0 Å². The molecule has 80 valence electrons. The van der Waals surface area contributed by atoms with Crippen LogP contribution >= 0.6 is 0 Å². The van der Waals surface area contributed by atoms with Crippen LogP contribution < -0.4 is 0 Å². The number of hydrogen-bond acceptors (Lipinski definition) is 4. The summed E-state index contributed by atoms with van der Waals surface area (Å²) < 4.78 is 18.2. The fourth-order valence-electron chi connectivity index (χ4n) is 1.40. The van der Waals surface area contributed by atoms with Crippen LogP contribution in [0, 0.1) is 0 Å². The summed E-state index contributed by atoms with van der Waals surface area (Å²) >= 11 is 0. The van der Waals surface area contributed by atoms with Crippen LogP contribution in [0.5, 0.6) is 0 Å². The molecule has 1 aliphatic rings. The fourth-order valence-corrected chi connectivity index (χ4v) is 1.40. The third-order valence-electron chi connectivity index (χ3n) is 2.22. The Morgan fingerprint density at radius 2 is 2.21 bits per heavy atom. The van der Waals surface area contributed by atoms with Gasteiger partial charge in [-0.15, -0.1) is 0 Å². The number of aliphatic hydroxyl groups excluding tert-OH is 2. The Morgan fingerprint density at radius 3 is 2.64 bits per heavy atom. The molecule has 1 heterocycles. The van der Waals surface area contributed by atoms with Crippen molar-refractivity contribution in [1.29, 1.82) is 0 Å². The first-order valence-corrected chi connectivity index (χ1v) is 4.24. The van der Waals surface area contributed by atoms with E-state index in [0.29, 0.717) is 0 Å². The third kappa shape index (κ3) is 2.13. The molecular formula is C7H12FN3O3. The Balaban J connectivity index is 2.56. The number of alkyl halides is 1. The Bertz CT molecular complexity index is 246. The number of rotatable bonds is 3. The van der Waals surface area contributed by atoms with Crippen LogP contribution in [-0.4, -0.2) is 47.3 Å². The molecule has 6 nitrogen and oxygen atoms in total. The number of halogens is 1. The van der Waals surface area contributed by atoms with Gasteiger partial charge in [-0.05, 0) is 12.5 Å². The smallest absolute Gasteiger partial charge is 0.134 e. The van der Waals surface area contributed by atoms with E-state index in [9.17, 15) is 14.6 Å². The Hall–Kier alpha value is -0.880. The molecule has 1 fully saturated rings. The van der Waals surface area contributed by atoms with Crippen molar-refractivity contribution in [2.24, 2.45) is 5.11 Å². The van der Waals surface area contributed by atoms with Gasteiger partial charge >= 0.3 is 0 Å². The average molecular weight is 205 g/mol. The maximum atomic E-state index is 13.2. The largest absolute Gasteiger partial charge is 0.388 e. The molecule has 0 radical (unpaired) electrons. The second-order valence-electron chi connectivity index (χ2n) is 3.22. The Labute approximate surface area is 79.9 Å². The van der Waals surface area contributed by atoms with E-state index in [1.54, 1.807) is 0 Å². The van der Waals surface area contributed by atoms with Crippen molar-refractivity contribution in [3.63, 3.8) is 0 Å². The molecule has 2 unspecified atom stereocenters. The van der Waals surface area contributed by atoms with Crippen LogP contribution in [0.1, 0.15) is 6.92 Å². The number of ether oxygens (including phenoxy) is 1. The molecule has 1 saturated heterocycles. The summed E-state index contributed by atoms with van der Waals surface area (Å²) in [5.74, 6) is 0. The van der Waals surface area contributed by atoms with Gasteiger partial charge in [0.1, 0.15) is 24.5 Å². The van der Waals surface area contributed by atoms with E-state index in [-0.39, 0.29) is 0 Å². The third-order valence-corrected chi connectivity index (χ3v) is 2.22. The molecule has 0 aliphatic carbocycles. The minimum absolute atomic E-state index is 0.405. The molecule has 0 bridgehead atoms. The summed E-state index contributed by atoms with van der Waals surface area (Å²) in [5.41, 5.74) is 7.97. The summed E-state index contributed by atoms with van der Waals surface area (Å²) in [4.78, 5) is 2.40. The predicted molar refractivity (Wildman–Crippen MR) is 45.3 cm³/mol. The van der Waals surface area contributed by atoms with Crippen LogP contribution in [0.4, 0.5) is 4.39 Å². The first-order chi connectivity index (χ1) is 6.57. The summed E-state index contributed by atoms with van der Waals surface area (Å²) in [6, 6.07) is 0. The molecule has 0 aromatic rings. The lowest BCUT2D eigenvalue weighted by molar-refractivity contribution is -0.0292. The highest BCUT2D eigenvalue weighted by Gasteiger charge is 2.44. The van der Waals surface area contributed by atoms with Crippen LogP contribution in [0.15, 0.2) is 5.11 Å². The lowest BCUT2D eigenvalue weighted by Crippen LogP contribution is -2.38. The van der Waals surface area contributed by atoms with E-state index in [0.717, 1.165) is 0 Å². The predicted octanol–water partition coefficient (Wildman–Crippen LogP) is 0.144. The molecule has 0 aromatic carbocycles. The molecule has 0 saturated carbocycles. The van der Waals surface area contributed by atoms with E-state index in [2.05, 4.69) is 10.0 Å². The van der Waals surface area contributed by atoms with Crippen LogP contribution in [-0.2, 0) is 4.74 Å². The van der Waals surface area contributed by atoms with E-state index in [4.69, 9.17) is 10.3 Å². The zero-order chi connectivity index (χ0) is 10.7. The minimum Gasteiger partial charge on any atom is -0.388 e. The monoisotopic (exact) mass is 205 g/mol. The zero-order valence-electron chi connectivity index (χ0n) is 7.62. The summed E-state index contributed by atoms with van der Waals surface area (Å²) in [5, 5.41) is 21.6. The topological polar surface area (TPSA) is 98.5 Å². The van der Waals surface area contributed by atoms with Crippen LogP contribution in [0.2, 0.25) is 0 Å². The first kappa shape index (κ1) is 11.2.